The van der Waals surface area contributed by atoms with Gasteiger partial charge in [0.25, 0.3) is 0 Å². The zero-order chi connectivity index (χ0) is 16.9. The number of Topliss-reactive ketones (excluding diaryl/α,β-unsaturated/α-hetero) is 1. The van der Waals surface area contributed by atoms with E-state index in [0.29, 0.717) is 12.3 Å². The lowest BCUT2D eigenvalue weighted by Crippen LogP contribution is -2.55. The van der Waals surface area contributed by atoms with Crippen LogP contribution in [-0.4, -0.2) is 23.1 Å². The molecule has 0 radical (unpaired) electrons. The highest BCUT2D eigenvalue weighted by atomic mass is 16.5. The molecule has 2 heterocycles. The second kappa shape index (κ2) is 5.57. The Kier molecular flexibility index (Phi) is 3.73. The van der Waals surface area contributed by atoms with Crippen molar-refractivity contribution in [2.75, 3.05) is 6.61 Å². The van der Waals surface area contributed by atoms with Gasteiger partial charge in [-0.1, -0.05) is 19.9 Å². The largest absolute Gasteiger partial charge is 0.472 e. The van der Waals surface area contributed by atoms with E-state index in [9.17, 15) is 9.90 Å². The van der Waals surface area contributed by atoms with Gasteiger partial charge >= 0.3 is 0 Å². The second-order valence-corrected chi connectivity index (χ2v) is 8.07. The van der Waals surface area contributed by atoms with Crippen molar-refractivity contribution >= 4 is 5.78 Å². The van der Waals surface area contributed by atoms with E-state index in [1.165, 1.54) is 0 Å². The molecule has 2 aliphatic carbocycles. The molecule has 1 aromatic rings. The van der Waals surface area contributed by atoms with Crippen molar-refractivity contribution in [2.45, 2.75) is 57.7 Å². The van der Waals surface area contributed by atoms with Gasteiger partial charge in [0.2, 0.25) is 0 Å². The van der Waals surface area contributed by atoms with Gasteiger partial charge in [-0.3, -0.25) is 4.79 Å². The maximum atomic E-state index is 12.3. The fourth-order valence-corrected chi connectivity index (χ4v) is 5.48. The molecule has 4 nitrogen and oxygen atoms in total. The minimum atomic E-state index is -0.544. The first-order valence-corrected chi connectivity index (χ1v) is 9.05. The van der Waals surface area contributed by atoms with Gasteiger partial charge in [-0.05, 0) is 55.4 Å². The molecule has 1 aliphatic heterocycles. The minimum Gasteiger partial charge on any atom is -0.472 e. The van der Waals surface area contributed by atoms with Gasteiger partial charge in [0.05, 0.1) is 18.6 Å². The summed E-state index contributed by atoms with van der Waals surface area (Å²) in [6.45, 7) is 4.78. The predicted molar refractivity (Wildman–Crippen MR) is 89.3 cm³/mol. The summed E-state index contributed by atoms with van der Waals surface area (Å²) in [5.74, 6) is 0.919. The molecule has 1 saturated heterocycles. The molecule has 3 aliphatic rings. The molecule has 1 N–H and O–H groups in total. The highest BCUT2D eigenvalue weighted by molar-refractivity contribution is 6.00. The van der Waals surface area contributed by atoms with Crippen molar-refractivity contribution in [1.29, 1.82) is 0 Å². The first-order valence-electron chi connectivity index (χ1n) is 9.05. The van der Waals surface area contributed by atoms with Crippen molar-refractivity contribution in [3.05, 3.63) is 35.8 Å². The Bertz CT molecular complexity index is 661. The van der Waals surface area contributed by atoms with E-state index in [-0.39, 0.29) is 23.7 Å². The molecule has 5 atom stereocenters. The molecule has 0 aromatic carbocycles. The molecule has 0 amide bonds. The highest BCUT2D eigenvalue weighted by Crippen LogP contribution is 2.61. The first-order chi connectivity index (χ1) is 11.5. The molecule has 5 unspecified atom stereocenters. The molecule has 2 fully saturated rings. The molecule has 130 valence electrons. The lowest BCUT2D eigenvalue weighted by Gasteiger charge is -2.57. The quantitative estimate of drug-likeness (QED) is 0.915. The summed E-state index contributed by atoms with van der Waals surface area (Å²) in [5, 5.41) is 10.7. The topological polar surface area (TPSA) is 59.7 Å². The van der Waals surface area contributed by atoms with Crippen molar-refractivity contribution in [3.8, 4) is 0 Å². The third-order valence-corrected chi connectivity index (χ3v) is 7.02. The minimum absolute atomic E-state index is 0.0704. The third-order valence-electron chi connectivity index (χ3n) is 7.02. The standard InChI is InChI=1S/C20H26O4/c1-13-6-8-20-15(17(22)12-24-20)4-3-5-18(20)19(13,2)10-16(21)14-7-9-23-11-14/h4,7,9,11,13,16,18,21H,3,5-6,8,10,12H2,1-2H3. The number of carbonyl (C=O) groups excluding carboxylic acids is 1. The van der Waals surface area contributed by atoms with Crippen LogP contribution in [0.2, 0.25) is 0 Å². The molecular formula is C20H26O4. The molecular weight excluding hydrogens is 304 g/mol. The van der Waals surface area contributed by atoms with Crippen LogP contribution in [0.4, 0.5) is 0 Å². The van der Waals surface area contributed by atoms with Crippen LogP contribution in [0.15, 0.2) is 34.7 Å². The molecule has 1 aromatic heterocycles. The van der Waals surface area contributed by atoms with E-state index < -0.39 is 11.7 Å². The van der Waals surface area contributed by atoms with Crippen LogP contribution in [-0.2, 0) is 9.53 Å². The number of hydrogen-bond donors (Lipinski definition) is 1. The zero-order valence-electron chi connectivity index (χ0n) is 14.5. The van der Waals surface area contributed by atoms with Gasteiger partial charge in [0, 0.05) is 11.1 Å². The maximum absolute atomic E-state index is 12.3. The van der Waals surface area contributed by atoms with Crippen molar-refractivity contribution < 1.29 is 19.1 Å². The van der Waals surface area contributed by atoms with E-state index >= 15 is 0 Å². The Morgan fingerprint density at radius 3 is 3.00 bits per heavy atom. The zero-order valence-corrected chi connectivity index (χ0v) is 14.5. The Hall–Kier alpha value is -1.39. The number of hydrogen-bond acceptors (Lipinski definition) is 4. The van der Waals surface area contributed by atoms with Crippen LogP contribution in [0.25, 0.3) is 0 Å². The van der Waals surface area contributed by atoms with Gasteiger partial charge in [0.15, 0.2) is 5.78 Å². The number of carbonyl (C=O) groups is 1. The summed E-state index contributed by atoms with van der Waals surface area (Å²) in [6.07, 6.45) is 9.36. The summed E-state index contributed by atoms with van der Waals surface area (Å²) >= 11 is 0. The van der Waals surface area contributed by atoms with Crippen molar-refractivity contribution in [1.82, 2.24) is 0 Å². The van der Waals surface area contributed by atoms with Crippen molar-refractivity contribution in [2.24, 2.45) is 17.3 Å². The number of furan rings is 1. The van der Waals surface area contributed by atoms with E-state index in [2.05, 4.69) is 19.9 Å². The van der Waals surface area contributed by atoms with Crippen LogP contribution in [0.3, 0.4) is 0 Å². The fraction of sp³-hybridized carbons (Fsp3) is 0.650. The van der Waals surface area contributed by atoms with Gasteiger partial charge < -0.3 is 14.3 Å². The third kappa shape index (κ3) is 2.16. The Labute approximate surface area is 142 Å². The number of aliphatic hydroxyl groups is 1. The van der Waals surface area contributed by atoms with Crippen LogP contribution in [0, 0.1) is 17.3 Å². The SMILES string of the molecule is CC1CCC23OCC(=O)C2=CCCC3C1(C)CC(O)c1ccoc1. The van der Waals surface area contributed by atoms with Crippen LogP contribution >= 0.6 is 0 Å². The van der Waals surface area contributed by atoms with Crippen LogP contribution in [0.5, 0.6) is 0 Å². The number of aliphatic hydroxyl groups excluding tert-OH is 1. The summed E-state index contributed by atoms with van der Waals surface area (Å²) < 4.78 is 11.3. The Morgan fingerprint density at radius 2 is 2.25 bits per heavy atom. The first kappa shape index (κ1) is 16.1. The maximum Gasteiger partial charge on any atom is 0.187 e. The Balaban J connectivity index is 1.69. The van der Waals surface area contributed by atoms with Crippen molar-refractivity contribution in [3.63, 3.8) is 0 Å². The van der Waals surface area contributed by atoms with Gasteiger partial charge in [0.1, 0.15) is 12.2 Å². The van der Waals surface area contributed by atoms with E-state index in [4.69, 9.17) is 9.15 Å². The number of allylic oxidation sites excluding steroid dienone is 1. The smallest absolute Gasteiger partial charge is 0.187 e. The predicted octanol–water partition coefficient (Wildman–Crippen LogP) is 3.81. The van der Waals surface area contributed by atoms with Crippen LogP contribution < -0.4 is 0 Å². The highest BCUT2D eigenvalue weighted by Gasteiger charge is 2.61. The summed E-state index contributed by atoms with van der Waals surface area (Å²) in [6, 6.07) is 1.83. The van der Waals surface area contributed by atoms with Gasteiger partial charge in [-0.2, -0.15) is 0 Å². The molecule has 24 heavy (non-hydrogen) atoms. The molecule has 0 bridgehead atoms. The monoisotopic (exact) mass is 330 g/mol. The summed E-state index contributed by atoms with van der Waals surface area (Å²) in [7, 11) is 0. The number of ketones is 1. The average Bonchev–Trinajstić information content (AvgIpc) is 3.20. The van der Waals surface area contributed by atoms with E-state index in [1.54, 1.807) is 12.5 Å². The molecule has 1 spiro atoms. The molecule has 4 heteroatoms. The fourth-order valence-electron chi connectivity index (χ4n) is 5.48. The van der Waals surface area contributed by atoms with E-state index in [1.807, 2.05) is 6.07 Å². The Morgan fingerprint density at radius 1 is 1.42 bits per heavy atom. The second-order valence-electron chi connectivity index (χ2n) is 8.07. The average molecular weight is 330 g/mol. The molecule has 4 rings (SSSR count). The van der Waals surface area contributed by atoms with Crippen LogP contribution in [0.1, 0.15) is 57.6 Å². The summed E-state index contributed by atoms with van der Waals surface area (Å²) in [4.78, 5) is 12.3. The number of ether oxygens (including phenoxy) is 1. The summed E-state index contributed by atoms with van der Waals surface area (Å²) in [5.41, 5.74) is 1.26. The lowest BCUT2D eigenvalue weighted by atomic mass is 9.50. The molecule has 1 saturated carbocycles. The van der Waals surface area contributed by atoms with E-state index in [0.717, 1.165) is 36.8 Å². The normalized spacial score (nSPS) is 40.0. The van der Waals surface area contributed by atoms with Gasteiger partial charge in [-0.25, -0.2) is 0 Å². The van der Waals surface area contributed by atoms with Gasteiger partial charge in [-0.15, -0.1) is 0 Å². The lowest BCUT2D eigenvalue weighted by molar-refractivity contribution is -0.142. The number of rotatable bonds is 3.